The molecule has 0 amide bonds. The summed E-state index contributed by atoms with van der Waals surface area (Å²) in [5.74, 6) is 1.20. The molecule has 0 spiro atoms. The second-order valence-electron chi connectivity index (χ2n) is 4.59. The second kappa shape index (κ2) is 6.03. The molecule has 3 nitrogen and oxygen atoms in total. The van der Waals surface area contributed by atoms with Crippen molar-refractivity contribution in [3.63, 3.8) is 0 Å². The maximum atomic E-state index is 13.6. The highest BCUT2D eigenvalue weighted by atomic mass is 32.2. The smallest absolute Gasteiger partial charge is 0.136 e. The van der Waals surface area contributed by atoms with Gasteiger partial charge >= 0.3 is 0 Å². The molecule has 20 heavy (non-hydrogen) atoms. The summed E-state index contributed by atoms with van der Waals surface area (Å²) in [4.78, 5) is 8.37. The lowest BCUT2D eigenvalue weighted by Gasteiger charge is -2.17. The van der Waals surface area contributed by atoms with Crippen molar-refractivity contribution in [2.45, 2.75) is 23.6 Å². The van der Waals surface area contributed by atoms with Crippen LogP contribution in [-0.4, -0.2) is 16.5 Å². The Morgan fingerprint density at radius 3 is 3.05 bits per heavy atom. The maximum absolute atomic E-state index is 13.6. The molecular formula is C14H14FN3S2. The highest BCUT2D eigenvalue weighted by Gasteiger charge is 2.13. The average Bonchev–Trinajstić information content (AvgIpc) is 2.46. The van der Waals surface area contributed by atoms with Crippen LogP contribution in [0.15, 0.2) is 29.2 Å². The zero-order chi connectivity index (χ0) is 13.9. The summed E-state index contributed by atoms with van der Waals surface area (Å²) in [5.41, 5.74) is 2.25. The fourth-order valence-electron chi connectivity index (χ4n) is 2.20. The van der Waals surface area contributed by atoms with Crippen molar-refractivity contribution in [2.24, 2.45) is 0 Å². The monoisotopic (exact) mass is 307 g/mol. The van der Waals surface area contributed by atoms with Crippen LogP contribution in [0.3, 0.4) is 0 Å². The molecule has 0 aliphatic carbocycles. The SMILES string of the molecule is Fc1ccccc1SCc1nc(=S)c2c([nH]1)CCNC2. The van der Waals surface area contributed by atoms with Crippen LogP contribution >= 0.6 is 24.0 Å². The first-order valence-electron chi connectivity index (χ1n) is 6.43. The molecule has 1 aromatic carbocycles. The molecular weight excluding hydrogens is 293 g/mol. The Morgan fingerprint density at radius 2 is 2.20 bits per heavy atom. The van der Waals surface area contributed by atoms with Gasteiger partial charge in [0.05, 0.1) is 5.75 Å². The number of halogens is 1. The third-order valence-corrected chi connectivity index (χ3v) is 4.61. The lowest BCUT2D eigenvalue weighted by molar-refractivity contribution is 0.602. The number of hydrogen-bond donors (Lipinski definition) is 2. The predicted molar refractivity (Wildman–Crippen MR) is 80.8 cm³/mol. The van der Waals surface area contributed by atoms with E-state index < -0.39 is 0 Å². The minimum atomic E-state index is -0.196. The number of fused-ring (bicyclic) bond motifs is 1. The van der Waals surface area contributed by atoms with E-state index in [9.17, 15) is 4.39 Å². The van der Waals surface area contributed by atoms with Crippen LogP contribution in [0.2, 0.25) is 0 Å². The maximum Gasteiger partial charge on any atom is 0.136 e. The largest absolute Gasteiger partial charge is 0.346 e. The van der Waals surface area contributed by atoms with Crippen molar-refractivity contribution >= 4 is 24.0 Å². The molecule has 0 saturated heterocycles. The van der Waals surface area contributed by atoms with Gasteiger partial charge in [-0.3, -0.25) is 0 Å². The third-order valence-electron chi connectivity index (χ3n) is 3.21. The second-order valence-corrected chi connectivity index (χ2v) is 6.00. The number of thioether (sulfide) groups is 1. The lowest BCUT2D eigenvalue weighted by Crippen LogP contribution is -2.25. The van der Waals surface area contributed by atoms with E-state index in [2.05, 4.69) is 15.3 Å². The van der Waals surface area contributed by atoms with Crippen molar-refractivity contribution in [2.75, 3.05) is 6.54 Å². The molecule has 1 aromatic heterocycles. The van der Waals surface area contributed by atoms with E-state index in [-0.39, 0.29) is 5.82 Å². The van der Waals surface area contributed by atoms with E-state index in [0.29, 0.717) is 15.3 Å². The number of aromatic amines is 1. The fraction of sp³-hybridized carbons (Fsp3) is 0.286. The van der Waals surface area contributed by atoms with Crippen molar-refractivity contribution in [1.29, 1.82) is 0 Å². The van der Waals surface area contributed by atoms with Gasteiger partial charge in [-0.1, -0.05) is 24.4 Å². The number of aromatic nitrogens is 2. The Labute approximate surface area is 126 Å². The van der Waals surface area contributed by atoms with Gasteiger partial charge in [0.1, 0.15) is 16.3 Å². The third kappa shape index (κ3) is 2.92. The molecule has 2 aromatic rings. The fourth-order valence-corrected chi connectivity index (χ4v) is 3.31. The van der Waals surface area contributed by atoms with Gasteiger partial charge in [0, 0.05) is 35.7 Å². The highest BCUT2D eigenvalue weighted by Crippen LogP contribution is 2.24. The number of nitrogens with one attached hydrogen (secondary N) is 2. The predicted octanol–water partition coefficient (Wildman–Crippen LogP) is 3.22. The minimum absolute atomic E-state index is 0.196. The van der Waals surface area contributed by atoms with Gasteiger partial charge < -0.3 is 10.3 Å². The number of hydrogen-bond acceptors (Lipinski definition) is 4. The minimum Gasteiger partial charge on any atom is -0.346 e. The molecule has 0 fully saturated rings. The highest BCUT2D eigenvalue weighted by molar-refractivity contribution is 7.98. The summed E-state index contributed by atoms with van der Waals surface area (Å²) in [7, 11) is 0. The van der Waals surface area contributed by atoms with E-state index in [1.54, 1.807) is 12.1 Å². The Kier molecular flexibility index (Phi) is 4.14. The van der Waals surface area contributed by atoms with Crippen molar-refractivity contribution in [1.82, 2.24) is 15.3 Å². The molecule has 104 valence electrons. The van der Waals surface area contributed by atoms with E-state index in [4.69, 9.17) is 12.2 Å². The molecule has 2 N–H and O–H groups in total. The van der Waals surface area contributed by atoms with Crippen LogP contribution in [0.1, 0.15) is 17.1 Å². The van der Waals surface area contributed by atoms with E-state index in [0.717, 1.165) is 36.6 Å². The molecule has 0 radical (unpaired) electrons. The van der Waals surface area contributed by atoms with E-state index in [1.807, 2.05) is 6.07 Å². The molecule has 0 atom stereocenters. The first-order valence-corrected chi connectivity index (χ1v) is 7.82. The van der Waals surface area contributed by atoms with Crippen molar-refractivity contribution in [3.05, 3.63) is 51.8 Å². The first kappa shape index (κ1) is 13.7. The van der Waals surface area contributed by atoms with Gasteiger partial charge in [-0.25, -0.2) is 9.37 Å². The van der Waals surface area contributed by atoms with Gasteiger partial charge in [-0.2, -0.15) is 0 Å². The number of benzene rings is 1. The zero-order valence-corrected chi connectivity index (χ0v) is 12.4. The number of H-pyrrole nitrogens is 1. The van der Waals surface area contributed by atoms with Crippen molar-refractivity contribution in [3.8, 4) is 0 Å². The Hall–Kier alpha value is -1.24. The molecule has 3 rings (SSSR count). The number of rotatable bonds is 3. The van der Waals surface area contributed by atoms with Crippen LogP contribution in [-0.2, 0) is 18.7 Å². The van der Waals surface area contributed by atoms with Gasteiger partial charge in [-0.15, -0.1) is 11.8 Å². The van der Waals surface area contributed by atoms with Gasteiger partial charge in [-0.05, 0) is 12.1 Å². The first-order chi connectivity index (χ1) is 9.74. The molecule has 1 aliphatic rings. The molecule has 6 heteroatoms. The van der Waals surface area contributed by atoms with Crippen molar-refractivity contribution < 1.29 is 4.39 Å². The zero-order valence-electron chi connectivity index (χ0n) is 10.8. The number of nitrogens with zero attached hydrogens (tertiary/aromatic N) is 1. The van der Waals surface area contributed by atoms with Gasteiger partial charge in [0.15, 0.2) is 0 Å². The normalized spacial score (nSPS) is 14.1. The summed E-state index contributed by atoms with van der Waals surface area (Å²) in [5, 5.41) is 3.29. The molecule has 0 unspecified atom stereocenters. The Balaban J connectivity index is 1.80. The summed E-state index contributed by atoms with van der Waals surface area (Å²) in [6, 6.07) is 6.77. The lowest BCUT2D eigenvalue weighted by atomic mass is 10.1. The summed E-state index contributed by atoms with van der Waals surface area (Å²) < 4.78 is 14.2. The molecule has 2 heterocycles. The Bertz CT molecular complexity index is 684. The quantitative estimate of drug-likeness (QED) is 0.675. The summed E-state index contributed by atoms with van der Waals surface area (Å²) in [6.45, 7) is 1.72. The van der Waals surface area contributed by atoms with Crippen LogP contribution in [0.25, 0.3) is 0 Å². The average molecular weight is 307 g/mol. The van der Waals surface area contributed by atoms with Crippen LogP contribution < -0.4 is 5.32 Å². The Morgan fingerprint density at radius 1 is 1.35 bits per heavy atom. The molecule has 0 bridgehead atoms. The van der Waals surface area contributed by atoms with Gasteiger partial charge in [0.25, 0.3) is 0 Å². The summed E-state index contributed by atoms with van der Waals surface area (Å²) in [6.07, 6.45) is 0.929. The van der Waals surface area contributed by atoms with Crippen LogP contribution in [0, 0.1) is 10.5 Å². The van der Waals surface area contributed by atoms with E-state index >= 15 is 0 Å². The van der Waals surface area contributed by atoms with E-state index in [1.165, 1.54) is 17.8 Å². The van der Waals surface area contributed by atoms with Crippen LogP contribution in [0.4, 0.5) is 4.39 Å². The molecule has 1 aliphatic heterocycles. The summed E-state index contributed by atoms with van der Waals surface area (Å²) >= 11 is 6.76. The standard InChI is InChI=1S/C14H14FN3S2/c15-10-3-1-2-4-12(10)20-8-13-17-11-5-6-16-7-9(11)14(19)18-13/h1-4,16H,5-8H2,(H,17,18,19). The van der Waals surface area contributed by atoms with Crippen LogP contribution in [0.5, 0.6) is 0 Å². The van der Waals surface area contributed by atoms with Gasteiger partial charge in [0.2, 0.25) is 0 Å². The molecule has 0 saturated carbocycles. The topological polar surface area (TPSA) is 40.7 Å².